The van der Waals surface area contributed by atoms with Crippen molar-refractivity contribution in [2.24, 2.45) is 7.05 Å². The second-order valence-corrected chi connectivity index (χ2v) is 8.53. The van der Waals surface area contributed by atoms with Gasteiger partial charge in [-0.3, -0.25) is 4.79 Å². The Morgan fingerprint density at radius 2 is 1.87 bits per heavy atom. The predicted octanol–water partition coefficient (Wildman–Crippen LogP) is 2.96. The average Bonchev–Trinajstić information content (AvgIpc) is 3.36. The summed E-state index contributed by atoms with van der Waals surface area (Å²) in [7, 11) is -2.68. The highest BCUT2D eigenvalue weighted by Gasteiger charge is 2.29. The summed E-state index contributed by atoms with van der Waals surface area (Å²) in [5, 5.41) is 8.35. The van der Waals surface area contributed by atoms with Crippen molar-refractivity contribution in [3.8, 4) is 11.6 Å². The summed E-state index contributed by atoms with van der Waals surface area (Å²) in [5.41, 5.74) is 1.10. The molecule has 4 aromatic rings. The zero-order chi connectivity index (χ0) is 22.2. The normalized spacial score (nSPS) is 11.5. The molecule has 2 heterocycles. The van der Waals surface area contributed by atoms with E-state index in [1.165, 1.54) is 47.3 Å². The summed E-state index contributed by atoms with van der Waals surface area (Å²) in [6, 6.07) is 12.4. The molecule has 31 heavy (non-hydrogen) atoms. The van der Waals surface area contributed by atoms with Crippen LogP contribution in [0.3, 0.4) is 0 Å². The summed E-state index contributed by atoms with van der Waals surface area (Å²) < 4.78 is 33.4. The van der Waals surface area contributed by atoms with Gasteiger partial charge in [-0.05, 0) is 37.3 Å². The van der Waals surface area contributed by atoms with Gasteiger partial charge in [0.2, 0.25) is 11.7 Å². The van der Waals surface area contributed by atoms with E-state index in [0.29, 0.717) is 11.4 Å². The lowest BCUT2D eigenvalue weighted by molar-refractivity contribution is 0.103. The van der Waals surface area contributed by atoms with Gasteiger partial charge in [0.1, 0.15) is 23.1 Å². The summed E-state index contributed by atoms with van der Waals surface area (Å²) in [6.07, 6.45) is 2.88. The van der Waals surface area contributed by atoms with Crippen LogP contribution in [0.2, 0.25) is 5.02 Å². The van der Waals surface area contributed by atoms with Gasteiger partial charge in [0.05, 0.1) is 16.4 Å². The lowest BCUT2D eigenvalue weighted by Crippen LogP contribution is -2.15. The fourth-order valence-corrected chi connectivity index (χ4v) is 4.29. The lowest BCUT2D eigenvalue weighted by atomic mass is 10.0. The fourth-order valence-electron chi connectivity index (χ4n) is 3.04. The van der Waals surface area contributed by atoms with Crippen molar-refractivity contribution >= 4 is 27.5 Å². The highest BCUT2D eigenvalue weighted by molar-refractivity contribution is 7.87. The molecule has 158 valence electrons. The Kier molecular flexibility index (Phi) is 5.34. The van der Waals surface area contributed by atoms with Crippen molar-refractivity contribution in [3.63, 3.8) is 0 Å². The molecule has 0 aliphatic carbocycles. The maximum atomic E-state index is 13.3. The molecule has 0 aliphatic rings. The van der Waals surface area contributed by atoms with Crippen LogP contribution in [0.1, 0.15) is 21.6 Å². The number of benzene rings is 2. The van der Waals surface area contributed by atoms with E-state index < -0.39 is 15.9 Å². The number of halogens is 1. The molecule has 9 nitrogen and oxygen atoms in total. The topological polar surface area (TPSA) is 109 Å². The minimum atomic E-state index is -4.17. The third-order valence-electron chi connectivity index (χ3n) is 4.50. The van der Waals surface area contributed by atoms with E-state index >= 15 is 0 Å². The van der Waals surface area contributed by atoms with Crippen LogP contribution in [0.4, 0.5) is 0 Å². The van der Waals surface area contributed by atoms with Gasteiger partial charge >= 0.3 is 10.1 Å². The van der Waals surface area contributed by atoms with Crippen molar-refractivity contribution in [1.82, 2.24) is 24.5 Å². The highest BCUT2D eigenvalue weighted by Crippen LogP contribution is 2.30. The largest absolute Gasteiger partial charge is 0.358 e. The first-order valence-electron chi connectivity index (χ1n) is 9.00. The Morgan fingerprint density at radius 1 is 1.13 bits per heavy atom. The summed E-state index contributed by atoms with van der Waals surface area (Å²) in [5.74, 6) is -0.707. The summed E-state index contributed by atoms with van der Waals surface area (Å²) in [4.78, 5) is 17.1. The standard InChI is InChI=1S/C20H16ClN5O4S/c1-13-18(19(27)16-9-8-14(10-17(16)21)26-12-22-11-23-26)20(25(2)24-13)30-31(28,29)15-6-4-3-5-7-15/h3-12H,1-2H3. The Balaban J connectivity index is 1.73. The number of nitrogens with zero attached hydrogens (tertiary/aromatic N) is 5. The monoisotopic (exact) mass is 457 g/mol. The number of aryl methyl sites for hydroxylation is 2. The number of aromatic nitrogens is 5. The van der Waals surface area contributed by atoms with Crippen molar-refractivity contribution in [2.75, 3.05) is 0 Å². The molecule has 0 unspecified atom stereocenters. The molecule has 0 atom stereocenters. The highest BCUT2D eigenvalue weighted by atomic mass is 35.5. The van der Waals surface area contributed by atoms with Crippen LogP contribution in [-0.4, -0.2) is 38.7 Å². The molecular weight excluding hydrogens is 442 g/mol. The molecular formula is C20H16ClN5O4S. The molecule has 0 N–H and O–H groups in total. The van der Waals surface area contributed by atoms with Crippen LogP contribution >= 0.6 is 11.6 Å². The smallest absolute Gasteiger partial charge is 0.340 e. The predicted molar refractivity (Wildman–Crippen MR) is 112 cm³/mol. The van der Waals surface area contributed by atoms with Crippen molar-refractivity contribution < 1.29 is 17.4 Å². The molecule has 2 aromatic carbocycles. The quantitative estimate of drug-likeness (QED) is 0.323. The summed E-state index contributed by atoms with van der Waals surface area (Å²) in [6.45, 7) is 1.59. The third-order valence-corrected chi connectivity index (χ3v) is 6.04. The Bertz CT molecular complexity index is 1370. The molecule has 0 saturated carbocycles. The van der Waals surface area contributed by atoms with Crippen LogP contribution in [0.5, 0.6) is 5.88 Å². The van der Waals surface area contributed by atoms with E-state index in [4.69, 9.17) is 15.8 Å². The Hall–Kier alpha value is -3.50. The van der Waals surface area contributed by atoms with E-state index in [0.717, 1.165) is 0 Å². The third kappa shape index (κ3) is 3.94. The van der Waals surface area contributed by atoms with Crippen LogP contribution < -0.4 is 4.18 Å². The molecule has 0 fully saturated rings. The van der Waals surface area contributed by atoms with Crippen molar-refractivity contribution in [1.29, 1.82) is 0 Å². The van der Waals surface area contributed by atoms with Gasteiger partial charge < -0.3 is 4.18 Å². The second-order valence-electron chi connectivity index (χ2n) is 6.57. The first-order valence-corrected chi connectivity index (χ1v) is 10.8. The molecule has 4 rings (SSSR count). The minimum Gasteiger partial charge on any atom is -0.358 e. The van der Waals surface area contributed by atoms with Crippen molar-refractivity contribution in [3.05, 3.63) is 83.0 Å². The fraction of sp³-hybridized carbons (Fsp3) is 0.100. The number of hydrogen-bond donors (Lipinski definition) is 0. The molecule has 0 radical (unpaired) electrons. The van der Waals surface area contributed by atoms with Gasteiger partial charge in [-0.2, -0.15) is 18.6 Å². The average molecular weight is 458 g/mol. The number of ketones is 1. The summed E-state index contributed by atoms with van der Waals surface area (Å²) >= 11 is 6.36. The molecule has 0 amide bonds. The van der Waals surface area contributed by atoms with Gasteiger partial charge in [-0.25, -0.2) is 14.3 Å². The minimum absolute atomic E-state index is 0.0115. The van der Waals surface area contributed by atoms with Crippen LogP contribution in [0.15, 0.2) is 66.1 Å². The van der Waals surface area contributed by atoms with Crippen molar-refractivity contribution in [2.45, 2.75) is 11.8 Å². The number of rotatable bonds is 6. The van der Waals surface area contributed by atoms with Gasteiger partial charge in [0.25, 0.3) is 0 Å². The van der Waals surface area contributed by atoms with E-state index in [2.05, 4.69) is 15.2 Å². The first-order chi connectivity index (χ1) is 14.8. The Morgan fingerprint density at radius 3 is 2.52 bits per heavy atom. The maximum Gasteiger partial charge on any atom is 0.340 e. The van der Waals surface area contributed by atoms with Gasteiger partial charge in [-0.1, -0.05) is 29.8 Å². The lowest BCUT2D eigenvalue weighted by Gasteiger charge is -2.10. The van der Waals surface area contributed by atoms with Gasteiger partial charge in [0.15, 0.2) is 0 Å². The zero-order valence-corrected chi connectivity index (χ0v) is 18.0. The number of carbonyl (C=O) groups is 1. The van der Waals surface area contributed by atoms with Crippen LogP contribution in [0.25, 0.3) is 5.69 Å². The van der Waals surface area contributed by atoms with Crippen LogP contribution in [-0.2, 0) is 17.2 Å². The van der Waals surface area contributed by atoms with E-state index in [-0.39, 0.29) is 26.9 Å². The second kappa shape index (κ2) is 7.97. The number of hydrogen-bond acceptors (Lipinski definition) is 7. The molecule has 11 heteroatoms. The van der Waals surface area contributed by atoms with E-state index in [1.807, 2.05) is 0 Å². The molecule has 2 aromatic heterocycles. The molecule has 0 spiro atoms. The van der Waals surface area contributed by atoms with E-state index in [9.17, 15) is 13.2 Å². The van der Waals surface area contributed by atoms with Crippen LogP contribution in [0, 0.1) is 6.92 Å². The molecule has 0 aliphatic heterocycles. The SMILES string of the molecule is Cc1nn(C)c(OS(=O)(=O)c2ccccc2)c1C(=O)c1ccc(-n2cncn2)cc1Cl. The number of carbonyl (C=O) groups excluding carboxylic acids is 1. The van der Waals surface area contributed by atoms with Gasteiger partial charge in [-0.15, -0.1) is 0 Å². The maximum absolute atomic E-state index is 13.3. The van der Waals surface area contributed by atoms with Gasteiger partial charge in [0, 0.05) is 12.6 Å². The Labute approximate surface area is 183 Å². The zero-order valence-electron chi connectivity index (χ0n) is 16.4. The van der Waals surface area contributed by atoms with E-state index in [1.54, 1.807) is 37.3 Å². The first kappa shape index (κ1) is 20.8. The molecule has 0 bridgehead atoms. The molecule has 0 saturated heterocycles.